The molecular weight excluding hydrogens is 348 g/mol. The molecule has 0 spiro atoms. The summed E-state index contributed by atoms with van der Waals surface area (Å²) in [6.07, 6.45) is -1.21. The van der Waals surface area contributed by atoms with Crippen LogP contribution in [-0.4, -0.2) is 33.8 Å². The molecule has 8 nitrogen and oxygen atoms in total. The number of carbonyl (C=O) groups excluding carboxylic acids is 3. The smallest absolute Gasteiger partial charge is 0.343 e. The standard InChI is InChI=1S/C16H17ClN4O4/c1-9-12(15(23)25-10(2)14(22)19-16(18)24)13(17)21(20-9)8-11-6-4-3-5-7-11/h3-7,10H,8H2,1-2H3,(H3,18,19,22,24)/t10-/m1/s1. The Labute approximate surface area is 148 Å². The number of primary amides is 1. The Balaban J connectivity index is 2.15. The van der Waals surface area contributed by atoms with Gasteiger partial charge < -0.3 is 10.5 Å². The first-order valence-corrected chi connectivity index (χ1v) is 7.75. The maximum atomic E-state index is 12.3. The number of urea groups is 1. The molecule has 1 aromatic carbocycles. The maximum absolute atomic E-state index is 12.3. The number of hydrogen-bond acceptors (Lipinski definition) is 5. The van der Waals surface area contributed by atoms with Gasteiger partial charge in [0.05, 0.1) is 12.2 Å². The van der Waals surface area contributed by atoms with Crippen molar-refractivity contribution in [3.05, 3.63) is 52.3 Å². The number of nitrogens with two attached hydrogens (primary N) is 1. The lowest BCUT2D eigenvalue weighted by Crippen LogP contribution is -2.42. The summed E-state index contributed by atoms with van der Waals surface area (Å²) in [4.78, 5) is 34.6. The average molecular weight is 365 g/mol. The number of carbonyl (C=O) groups is 3. The zero-order valence-corrected chi connectivity index (χ0v) is 14.4. The number of esters is 1. The van der Waals surface area contributed by atoms with Crippen LogP contribution in [0.3, 0.4) is 0 Å². The van der Waals surface area contributed by atoms with Gasteiger partial charge in [0.15, 0.2) is 6.10 Å². The van der Waals surface area contributed by atoms with Crippen molar-refractivity contribution >= 4 is 29.5 Å². The van der Waals surface area contributed by atoms with Crippen LogP contribution in [0.15, 0.2) is 30.3 Å². The molecule has 0 aliphatic rings. The number of ether oxygens (including phenoxy) is 1. The van der Waals surface area contributed by atoms with Crippen LogP contribution < -0.4 is 11.1 Å². The second kappa shape index (κ2) is 7.80. The molecule has 1 aromatic heterocycles. The Morgan fingerprint density at radius 1 is 1.32 bits per heavy atom. The summed E-state index contributed by atoms with van der Waals surface area (Å²) >= 11 is 6.25. The van der Waals surface area contributed by atoms with Crippen LogP contribution in [0.1, 0.15) is 28.5 Å². The van der Waals surface area contributed by atoms with Crippen LogP contribution >= 0.6 is 11.6 Å². The number of aryl methyl sites for hydroxylation is 1. The monoisotopic (exact) mass is 364 g/mol. The summed E-state index contributed by atoms with van der Waals surface area (Å²) in [6.45, 7) is 3.30. The van der Waals surface area contributed by atoms with Crippen LogP contribution in [0.2, 0.25) is 5.15 Å². The Morgan fingerprint density at radius 2 is 1.96 bits per heavy atom. The summed E-state index contributed by atoms with van der Waals surface area (Å²) < 4.78 is 6.50. The third-order valence-corrected chi connectivity index (χ3v) is 3.73. The van der Waals surface area contributed by atoms with Gasteiger partial charge in [-0.1, -0.05) is 41.9 Å². The number of halogens is 1. The SMILES string of the molecule is Cc1nn(Cc2ccccc2)c(Cl)c1C(=O)O[C@H](C)C(=O)NC(N)=O. The van der Waals surface area contributed by atoms with Gasteiger partial charge in [-0.2, -0.15) is 5.10 Å². The number of nitrogens with one attached hydrogen (secondary N) is 1. The van der Waals surface area contributed by atoms with Crippen LogP contribution in [-0.2, 0) is 16.1 Å². The molecule has 132 valence electrons. The van der Waals surface area contributed by atoms with Crippen LogP contribution in [0, 0.1) is 6.92 Å². The minimum Gasteiger partial charge on any atom is -0.449 e. The molecule has 3 N–H and O–H groups in total. The van der Waals surface area contributed by atoms with Gasteiger partial charge in [-0.3, -0.25) is 10.1 Å². The summed E-state index contributed by atoms with van der Waals surface area (Å²) in [5.41, 5.74) is 6.25. The lowest BCUT2D eigenvalue weighted by atomic mass is 10.2. The Bertz CT molecular complexity index is 804. The predicted molar refractivity (Wildman–Crippen MR) is 90.1 cm³/mol. The van der Waals surface area contributed by atoms with Crippen LogP contribution in [0.25, 0.3) is 0 Å². The van der Waals surface area contributed by atoms with E-state index in [1.807, 2.05) is 35.6 Å². The molecule has 25 heavy (non-hydrogen) atoms. The van der Waals surface area contributed by atoms with E-state index in [2.05, 4.69) is 5.10 Å². The van der Waals surface area contributed by atoms with Crippen molar-refractivity contribution in [1.29, 1.82) is 0 Å². The van der Waals surface area contributed by atoms with Crippen molar-refractivity contribution in [2.24, 2.45) is 5.73 Å². The fraction of sp³-hybridized carbons (Fsp3) is 0.250. The highest BCUT2D eigenvalue weighted by atomic mass is 35.5. The van der Waals surface area contributed by atoms with E-state index in [-0.39, 0.29) is 10.7 Å². The number of benzene rings is 1. The van der Waals surface area contributed by atoms with E-state index in [1.165, 1.54) is 11.6 Å². The van der Waals surface area contributed by atoms with Gasteiger partial charge in [0, 0.05) is 0 Å². The molecule has 3 amide bonds. The van der Waals surface area contributed by atoms with E-state index < -0.39 is 24.0 Å². The number of rotatable bonds is 5. The Kier molecular flexibility index (Phi) is 5.76. The molecule has 0 fully saturated rings. The molecule has 0 aliphatic carbocycles. The summed E-state index contributed by atoms with van der Waals surface area (Å²) in [7, 11) is 0. The molecule has 2 rings (SSSR count). The van der Waals surface area contributed by atoms with Gasteiger partial charge in [-0.05, 0) is 19.4 Å². The van der Waals surface area contributed by atoms with Gasteiger partial charge in [-0.15, -0.1) is 0 Å². The number of imide groups is 1. The van der Waals surface area contributed by atoms with Crippen molar-refractivity contribution < 1.29 is 19.1 Å². The van der Waals surface area contributed by atoms with Gasteiger partial charge >= 0.3 is 12.0 Å². The molecule has 0 bridgehead atoms. The van der Waals surface area contributed by atoms with E-state index in [9.17, 15) is 14.4 Å². The molecule has 0 saturated heterocycles. The zero-order valence-electron chi connectivity index (χ0n) is 13.7. The summed E-state index contributed by atoms with van der Waals surface area (Å²) in [5, 5.41) is 6.18. The molecule has 0 unspecified atom stereocenters. The first kappa shape index (κ1) is 18.5. The second-order valence-electron chi connectivity index (χ2n) is 5.30. The Hall–Kier alpha value is -2.87. The minimum atomic E-state index is -1.21. The molecule has 1 atom stereocenters. The third-order valence-electron chi connectivity index (χ3n) is 3.34. The second-order valence-corrected chi connectivity index (χ2v) is 5.65. The van der Waals surface area contributed by atoms with Crippen LogP contribution in [0.5, 0.6) is 0 Å². The van der Waals surface area contributed by atoms with E-state index >= 15 is 0 Å². The average Bonchev–Trinajstić information content (AvgIpc) is 2.81. The van der Waals surface area contributed by atoms with Crippen molar-refractivity contribution in [2.75, 3.05) is 0 Å². The highest BCUT2D eigenvalue weighted by Crippen LogP contribution is 2.22. The third kappa shape index (κ3) is 4.57. The molecule has 0 aliphatic heterocycles. The topological polar surface area (TPSA) is 116 Å². The zero-order chi connectivity index (χ0) is 18.6. The highest BCUT2D eigenvalue weighted by Gasteiger charge is 2.26. The lowest BCUT2D eigenvalue weighted by Gasteiger charge is -2.11. The quantitative estimate of drug-likeness (QED) is 0.782. The normalized spacial score (nSPS) is 11.6. The predicted octanol–water partition coefficient (Wildman–Crippen LogP) is 1.63. The fourth-order valence-electron chi connectivity index (χ4n) is 2.14. The molecule has 1 heterocycles. The number of nitrogens with zero attached hydrogens (tertiary/aromatic N) is 2. The van der Waals surface area contributed by atoms with Crippen molar-refractivity contribution in [3.8, 4) is 0 Å². The molecular formula is C16H17ClN4O4. The van der Waals surface area contributed by atoms with Crippen molar-refractivity contribution in [3.63, 3.8) is 0 Å². The summed E-state index contributed by atoms with van der Waals surface area (Å²) in [5.74, 6) is -1.64. The fourth-order valence-corrected chi connectivity index (χ4v) is 2.45. The van der Waals surface area contributed by atoms with E-state index in [1.54, 1.807) is 6.92 Å². The number of hydrogen-bond donors (Lipinski definition) is 2. The molecule has 9 heteroatoms. The highest BCUT2D eigenvalue weighted by molar-refractivity contribution is 6.32. The number of amides is 3. The summed E-state index contributed by atoms with van der Waals surface area (Å²) in [6, 6.07) is 8.43. The molecule has 0 saturated carbocycles. The molecule has 0 radical (unpaired) electrons. The van der Waals surface area contributed by atoms with Crippen molar-refractivity contribution in [2.45, 2.75) is 26.5 Å². The van der Waals surface area contributed by atoms with E-state index in [0.29, 0.717) is 12.2 Å². The van der Waals surface area contributed by atoms with Gasteiger partial charge in [0.1, 0.15) is 10.7 Å². The molecule has 2 aromatic rings. The number of aromatic nitrogens is 2. The van der Waals surface area contributed by atoms with Crippen molar-refractivity contribution in [1.82, 2.24) is 15.1 Å². The van der Waals surface area contributed by atoms with E-state index in [0.717, 1.165) is 5.56 Å². The van der Waals surface area contributed by atoms with E-state index in [4.69, 9.17) is 22.1 Å². The maximum Gasteiger partial charge on any atom is 0.343 e. The lowest BCUT2D eigenvalue weighted by molar-refractivity contribution is -0.127. The first-order valence-electron chi connectivity index (χ1n) is 7.37. The van der Waals surface area contributed by atoms with Gasteiger partial charge in [0.25, 0.3) is 5.91 Å². The Morgan fingerprint density at radius 3 is 2.56 bits per heavy atom. The van der Waals surface area contributed by atoms with Gasteiger partial charge in [0.2, 0.25) is 0 Å². The largest absolute Gasteiger partial charge is 0.449 e. The first-order chi connectivity index (χ1) is 11.8. The minimum absolute atomic E-state index is 0.0660. The van der Waals surface area contributed by atoms with Crippen LogP contribution in [0.4, 0.5) is 4.79 Å². The van der Waals surface area contributed by atoms with Gasteiger partial charge in [-0.25, -0.2) is 14.3 Å².